The second kappa shape index (κ2) is 12.1. The highest BCUT2D eigenvalue weighted by Gasteiger charge is 2.49. The molecule has 7 rings (SSSR count). The number of alkyl halides is 1. The van der Waals surface area contributed by atoms with E-state index in [1.54, 1.807) is 23.1 Å². The second-order valence-corrected chi connectivity index (χ2v) is 13.8. The number of piperazine rings is 1. The molecule has 48 heavy (non-hydrogen) atoms. The maximum Gasteiger partial charge on any atom is 0.410 e. The predicted octanol–water partition coefficient (Wildman–Crippen LogP) is 6.12. The van der Waals surface area contributed by atoms with Crippen LogP contribution in [-0.4, -0.2) is 94.0 Å². The van der Waals surface area contributed by atoms with E-state index < -0.39 is 35.0 Å². The number of hydrogen-bond donors (Lipinski definition) is 0. The van der Waals surface area contributed by atoms with E-state index >= 15 is 4.39 Å². The molecule has 250 valence electrons. The minimum absolute atomic E-state index is 0.0270. The number of pyridine rings is 1. The monoisotopic (exact) mass is 658 g/mol. The lowest BCUT2D eigenvalue weighted by atomic mass is 9.95. The Morgan fingerprint density at radius 3 is 2.62 bits per heavy atom. The van der Waals surface area contributed by atoms with Gasteiger partial charge in [-0.2, -0.15) is 9.97 Å². The third-order valence-electron chi connectivity index (χ3n) is 9.50. The van der Waals surface area contributed by atoms with Crippen molar-refractivity contribution < 1.29 is 27.4 Å². The summed E-state index contributed by atoms with van der Waals surface area (Å²) < 4.78 is 57.9. The summed E-state index contributed by atoms with van der Waals surface area (Å²) in [4.78, 5) is 32.2. The number of amides is 1. The third kappa shape index (κ3) is 5.74. The van der Waals surface area contributed by atoms with Crippen molar-refractivity contribution in [1.82, 2.24) is 24.8 Å². The van der Waals surface area contributed by atoms with Crippen LogP contribution in [0.4, 0.5) is 23.8 Å². The van der Waals surface area contributed by atoms with Crippen LogP contribution in [0.2, 0.25) is 0 Å². The largest absolute Gasteiger partial charge is 0.461 e. The van der Waals surface area contributed by atoms with Gasteiger partial charge in [-0.05, 0) is 58.4 Å². The number of terminal acetylenes is 1. The van der Waals surface area contributed by atoms with E-state index in [4.69, 9.17) is 20.9 Å². The van der Waals surface area contributed by atoms with Crippen molar-refractivity contribution in [2.24, 2.45) is 0 Å². The van der Waals surface area contributed by atoms with Crippen LogP contribution in [0.25, 0.3) is 32.9 Å². The average Bonchev–Trinajstić information content (AvgIpc) is 3.59. The van der Waals surface area contributed by atoms with Gasteiger partial charge < -0.3 is 19.3 Å². The second-order valence-electron chi connectivity index (χ2n) is 13.8. The van der Waals surface area contributed by atoms with E-state index in [1.165, 1.54) is 18.3 Å². The Balaban J connectivity index is 1.29. The van der Waals surface area contributed by atoms with Gasteiger partial charge >= 0.3 is 12.1 Å². The third-order valence-corrected chi connectivity index (χ3v) is 9.50. The lowest BCUT2D eigenvalue weighted by Gasteiger charge is -2.36. The zero-order valence-electron chi connectivity index (χ0n) is 27.2. The van der Waals surface area contributed by atoms with Gasteiger partial charge in [-0.1, -0.05) is 18.1 Å². The van der Waals surface area contributed by atoms with Gasteiger partial charge in [-0.25, -0.2) is 18.0 Å². The summed E-state index contributed by atoms with van der Waals surface area (Å²) >= 11 is 0. The van der Waals surface area contributed by atoms with Crippen LogP contribution in [0.3, 0.4) is 0 Å². The van der Waals surface area contributed by atoms with E-state index in [0.29, 0.717) is 66.9 Å². The van der Waals surface area contributed by atoms with E-state index in [-0.39, 0.29) is 29.2 Å². The first-order valence-electron chi connectivity index (χ1n) is 16.3. The number of fused-ring (bicyclic) bond motifs is 3. The molecule has 0 N–H and O–H groups in total. The molecular weight excluding hydrogens is 621 g/mol. The fourth-order valence-electron chi connectivity index (χ4n) is 7.28. The molecule has 5 heterocycles. The standard InChI is InChI=1S/C36H37F3N6O3/c1-5-22-8-6-9-24-27(38)11-10-25(28(22)24)30-29(39)31-26(19-40-30)32(43-14-16-44(17-15-43)34(46)48-35(2,3)4)42-33(41-31)47-21-36-12-7-13-45(36)20-23(37)18-36/h1,6,8-11,19,23H,7,12-18,20-21H2,2-4H3/t23-,36+/m1/s1. The van der Waals surface area contributed by atoms with E-state index in [9.17, 15) is 13.6 Å². The molecule has 12 heteroatoms. The number of halogens is 3. The van der Waals surface area contributed by atoms with Crippen LogP contribution in [-0.2, 0) is 4.74 Å². The summed E-state index contributed by atoms with van der Waals surface area (Å²) in [6.45, 7) is 8.28. The number of carbonyl (C=O) groups is 1. The normalized spacial score (nSPS) is 21.5. The minimum Gasteiger partial charge on any atom is -0.461 e. The van der Waals surface area contributed by atoms with Crippen molar-refractivity contribution in [3.05, 3.63) is 53.7 Å². The maximum atomic E-state index is 16.8. The number of nitrogens with zero attached hydrogens (tertiary/aromatic N) is 6. The highest BCUT2D eigenvalue weighted by Crippen LogP contribution is 2.41. The number of benzene rings is 2. The summed E-state index contributed by atoms with van der Waals surface area (Å²) in [5.41, 5.74) is -0.429. The number of rotatable bonds is 5. The molecule has 3 aliphatic heterocycles. The molecule has 0 aliphatic carbocycles. The summed E-state index contributed by atoms with van der Waals surface area (Å²) in [7, 11) is 0. The molecule has 9 nitrogen and oxygen atoms in total. The molecule has 0 unspecified atom stereocenters. The van der Waals surface area contributed by atoms with E-state index in [0.717, 1.165) is 19.4 Å². The Kier molecular flexibility index (Phi) is 8.06. The molecule has 1 amide bonds. The molecule has 0 bridgehead atoms. The fraction of sp³-hybridized carbons (Fsp3) is 0.444. The molecule has 2 aromatic heterocycles. The Labute approximate surface area is 277 Å². The highest BCUT2D eigenvalue weighted by atomic mass is 19.1. The van der Waals surface area contributed by atoms with Crippen LogP contribution < -0.4 is 9.64 Å². The van der Waals surface area contributed by atoms with Gasteiger partial charge in [0.15, 0.2) is 5.82 Å². The molecule has 3 fully saturated rings. The topological polar surface area (TPSA) is 83.9 Å². The average molecular weight is 659 g/mol. The molecule has 3 saturated heterocycles. The van der Waals surface area contributed by atoms with Gasteiger partial charge in [0.05, 0.1) is 10.9 Å². The zero-order valence-corrected chi connectivity index (χ0v) is 27.2. The molecule has 0 saturated carbocycles. The molecule has 0 spiro atoms. The van der Waals surface area contributed by atoms with E-state index in [2.05, 4.69) is 20.8 Å². The van der Waals surface area contributed by atoms with E-state index in [1.807, 2.05) is 25.7 Å². The molecular formula is C36H37F3N6O3. The van der Waals surface area contributed by atoms with Gasteiger partial charge in [-0.15, -0.1) is 6.42 Å². The first-order valence-corrected chi connectivity index (χ1v) is 16.3. The van der Waals surface area contributed by atoms with Crippen LogP contribution >= 0.6 is 0 Å². The van der Waals surface area contributed by atoms with Gasteiger partial charge in [0, 0.05) is 67.2 Å². The van der Waals surface area contributed by atoms with Gasteiger partial charge in [0.2, 0.25) is 0 Å². The Hall–Kier alpha value is -4.63. The highest BCUT2D eigenvalue weighted by molar-refractivity contribution is 6.02. The number of aromatic nitrogens is 3. The summed E-state index contributed by atoms with van der Waals surface area (Å²) in [5, 5.41) is 0.975. The lowest BCUT2D eigenvalue weighted by Crippen LogP contribution is -2.50. The van der Waals surface area contributed by atoms with Crippen molar-refractivity contribution in [2.45, 2.75) is 57.3 Å². The molecule has 2 atom stereocenters. The van der Waals surface area contributed by atoms with Crippen molar-refractivity contribution in [2.75, 3.05) is 50.8 Å². The number of hydrogen-bond acceptors (Lipinski definition) is 8. The van der Waals surface area contributed by atoms with Crippen LogP contribution in [0.15, 0.2) is 36.5 Å². The Bertz CT molecular complexity index is 1950. The Morgan fingerprint density at radius 1 is 1.08 bits per heavy atom. The van der Waals surface area contributed by atoms with Crippen LogP contribution in [0.1, 0.15) is 45.6 Å². The predicted molar refractivity (Wildman–Crippen MR) is 177 cm³/mol. The minimum atomic E-state index is -0.937. The van der Waals surface area contributed by atoms with Gasteiger partial charge in [-0.3, -0.25) is 9.88 Å². The first-order chi connectivity index (χ1) is 23.0. The van der Waals surface area contributed by atoms with Crippen molar-refractivity contribution in [3.63, 3.8) is 0 Å². The van der Waals surface area contributed by atoms with Crippen molar-refractivity contribution >= 4 is 33.6 Å². The van der Waals surface area contributed by atoms with Gasteiger partial charge in [0.1, 0.15) is 41.2 Å². The SMILES string of the molecule is C#Cc1cccc2c(F)ccc(-c3ncc4c(N5CCN(C(=O)OC(C)(C)C)CC5)nc(OC[C@@]56CCCN5C[C@H](F)C6)nc4c3F)c12. The molecule has 3 aliphatic rings. The molecule has 4 aromatic rings. The first kappa shape index (κ1) is 31.9. The number of ether oxygens (including phenoxy) is 2. The zero-order chi connectivity index (χ0) is 33.8. The number of anilines is 1. The van der Waals surface area contributed by atoms with Crippen molar-refractivity contribution in [3.8, 4) is 29.6 Å². The van der Waals surface area contributed by atoms with Crippen LogP contribution in [0, 0.1) is 24.0 Å². The van der Waals surface area contributed by atoms with Crippen molar-refractivity contribution in [1.29, 1.82) is 0 Å². The maximum absolute atomic E-state index is 16.8. The fourth-order valence-corrected chi connectivity index (χ4v) is 7.28. The quantitative estimate of drug-likeness (QED) is 0.238. The van der Waals surface area contributed by atoms with Gasteiger partial charge in [0.25, 0.3) is 0 Å². The number of carbonyl (C=O) groups excluding carboxylic acids is 1. The Morgan fingerprint density at radius 2 is 1.88 bits per heavy atom. The summed E-state index contributed by atoms with van der Waals surface area (Å²) in [5.74, 6) is 1.76. The van der Waals surface area contributed by atoms with Crippen LogP contribution in [0.5, 0.6) is 6.01 Å². The summed E-state index contributed by atoms with van der Waals surface area (Å²) in [6, 6.07) is 7.60. The molecule has 2 aromatic carbocycles. The molecule has 0 radical (unpaired) electrons. The summed E-state index contributed by atoms with van der Waals surface area (Å²) in [6.07, 6.45) is 8.01. The lowest BCUT2D eigenvalue weighted by molar-refractivity contribution is 0.0240. The smallest absolute Gasteiger partial charge is 0.410 e.